The Hall–Kier alpha value is -0.620. The normalized spacial score (nSPS) is 19.6. The summed E-state index contributed by atoms with van der Waals surface area (Å²) in [4.78, 5) is 4.05. The fraction of sp³-hybridized carbons (Fsp3) is 0.833. The van der Waals surface area contributed by atoms with Crippen molar-refractivity contribution in [2.24, 2.45) is 10.1 Å². The van der Waals surface area contributed by atoms with E-state index in [9.17, 15) is 8.42 Å². The van der Waals surface area contributed by atoms with Crippen molar-refractivity contribution in [3.63, 3.8) is 0 Å². The summed E-state index contributed by atoms with van der Waals surface area (Å²) in [6.45, 7) is 0.692. The lowest BCUT2D eigenvalue weighted by Crippen LogP contribution is -2.35. The highest BCUT2D eigenvalue weighted by molar-refractivity contribution is 7.87. The van der Waals surface area contributed by atoms with Gasteiger partial charge in [0.25, 0.3) is 10.2 Å². The summed E-state index contributed by atoms with van der Waals surface area (Å²) in [7, 11) is -3.62. The molecule has 70 valence electrons. The van der Waals surface area contributed by atoms with Crippen molar-refractivity contribution >= 4 is 16.0 Å². The molecule has 12 heavy (non-hydrogen) atoms. The lowest BCUT2D eigenvalue weighted by molar-refractivity contribution is 0.593. The summed E-state index contributed by atoms with van der Waals surface area (Å²) in [6, 6.07) is 0. The molecule has 0 aromatic heterocycles. The molecular weight excluding hydrogens is 178 g/mol. The molecule has 0 radical (unpaired) electrons. The number of hydrogen-bond acceptors (Lipinski definition) is 3. The van der Waals surface area contributed by atoms with Crippen molar-refractivity contribution in [3.05, 3.63) is 0 Å². The molecule has 0 amide bonds. The molecule has 6 heteroatoms. The van der Waals surface area contributed by atoms with Crippen LogP contribution in [0.4, 0.5) is 0 Å². The number of hydrogen-bond donors (Lipinski definition) is 2. The molecule has 5 nitrogen and oxygen atoms in total. The van der Waals surface area contributed by atoms with Crippen LogP contribution in [0.15, 0.2) is 4.99 Å². The van der Waals surface area contributed by atoms with E-state index in [4.69, 9.17) is 5.14 Å². The van der Waals surface area contributed by atoms with E-state index in [1.54, 1.807) is 0 Å². The average molecular weight is 191 g/mol. The van der Waals surface area contributed by atoms with Gasteiger partial charge in [0.1, 0.15) is 5.84 Å². The maximum Gasteiger partial charge on any atom is 0.297 e. The van der Waals surface area contributed by atoms with Gasteiger partial charge in [-0.2, -0.15) is 8.42 Å². The van der Waals surface area contributed by atoms with Gasteiger partial charge in [-0.25, -0.2) is 5.14 Å². The van der Waals surface area contributed by atoms with Crippen molar-refractivity contribution in [2.75, 3.05) is 6.54 Å². The molecule has 1 aliphatic rings. The van der Waals surface area contributed by atoms with Gasteiger partial charge >= 0.3 is 0 Å². The molecule has 0 aromatic carbocycles. The second-order valence-electron chi connectivity index (χ2n) is 2.79. The molecule has 3 N–H and O–H groups in total. The summed E-state index contributed by atoms with van der Waals surface area (Å²) in [5.74, 6) is 0.495. The van der Waals surface area contributed by atoms with Crippen molar-refractivity contribution in [2.45, 2.75) is 25.7 Å². The topological polar surface area (TPSA) is 84.5 Å². The van der Waals surface area contributed by atoms with Gasteiger partial charge in [0, 0.05) is 13.0 Å². The van der Waals surface area contributed by atoms with Crippen LogP contribution < -0.4 is 9.86 Å². The predicted octanol–water partition coefficient (Wildman–Crippen LogP) is -0.248. The minimum atomic E-state index is -3.62. The van der Waals surface area contributed by atoms with E-state index in [1.165, 1.54) is 0 Å². The predicted molar refractivity (Wildman–Crippen MR) is 47.0 cm³/mol. The van der Waals surface area contributed by atoms with Crippen LogP contribution in [0.3, 0.4) is 0 Å². The van der Waals surface area contributed by atoms with Gasteiger partial charge in [-0.15, -0.1) is 0 Å². The lowest BCUT2D eigenvalue weighted by atomic mass is 10.2. The van der Waals surface area contributed by atoms with Crippen molar-refractivity contribution < 1.29 is 8.42 Å². The Kier molecular flexibility index (Phi) is 3.05. The second kappa shape index (κ2) is 3.86. The Balaban J connectivity index is 2.55. The van der Waals surface area contributed by atoms with Crippen LogP contribution in [0.1, 0.15) is 25.7 Å². The first kappa shape index (κ1) is 9.47. The van der Waals surface area contributed by atoms with E-state index in [-0.39, 0.29) is 0 Å². The van der Waals surface area contributed by atoms with Crippen molar-refractivity contribution in [3.8, 4) is 0 Å². The van der Waals surface area contributed by atoms with Crippen LogP contribution >= 0.6 is 0 Å². The maximum absolute atomic E-state index is 10.6. The summed E-state index contributed by atoms with van der Waals surface area (Å²) >= 11 is 0. The van der Waals surface area contributed by atoms with Gasteiger partial charge in [0.05, 0.1) is 0 Å². The number of rotatable bonds is 1. The molecule has 0 bridgehead atoms. The average Bonchev–Trinajstić information content (AvgIpc) is 2.12. The molecule has 0 saturated carbocycles. The molecule has 0 saturated heterocycles. The zero-order valence-electron chi connectivity index (χ0n) is 6.78. The quantitative estimate of drug-likeness (QED) is 0.599. The zero-order chi connectivity index (χ0) is 9.03. The minimum Gasteiger partial charge on any atom is -0.272 e. The molecule has 0 atom stereocenters. The van der Waals surface area contributed by atoms with E-state index in [2.05, 4.69) is 9.71 Å². The van der Waals surface area contributed by atoms with Crippen LogP contribution in [0.25, 0.3) is 0 Å². The fourth-order valence-corrected chi connectivity index (χ4v) is 1.62. The third-order valence-electron chi connectivity index (χ3n) is 1.63. The summed E-state index contributed by atoms with van der Waals surface area (Å²) in [5, 5.41) is 4.80. The molecule has 0 aliphatic carbocycles. The van der Waals surface area contributed by atoms with Gasteiger partial charge in [-0.05, 0) is 12.8 Å². The van der Waals surface area contributed by atoms with Gasteiger partial charge in [0.15, 0.2) is 0 Å². The largest absolute Gasteiger partial charge is 0.297 e. The smallest absolute Gasteiger partial charge is 0.272 e. The molecule has 0 aromatic rings. The molecule has 0 unspecified atom stereocenters. The Labute approximate surface area is 72.2 Å². The third-order valence-corrected chi connectivity index (χ3v) is 2.15. The Morgan fingerprint density at radius 3 is 2.75 bits per heavy atom. The third kappa shape index (κ3) is 3.68. The minimum absolute atomic E-state index is 0.495. The highest BCUT2D eigenvalue weighted by Crippen LogP contribution is 2.05. The number of amidine groups is 1. The summed E-state index contributed by atoms with van der Waals surface area (Å²) < 4.78 is 23.4. The van der Waals surface area contributed by atoms with Gasteiger partial charge in [0.2, 0.25) is 0 Å². The van der Waals surface area contributed by atoms with E-state index < -0.39 is 10.2 Å². The van der Waals surface area contributed by atoms with Crippen LogP contribution in [0.2, 0.25) is 0 Å². The SMILES string of the molecule is NS(=O)(=O)NC1=NCCCCC1. The number of aliphatic imine (C=N–C) groups is 1. The van der Waals surface area contributed by atoms with Crippen LogP contribution in [-0.4, -0.2) is 20.8 Å². The monoisotopic (exact) mass is 191 g/mol. The number of nitrogens with zero attached hydrogens (tertiary/aromatic N) is 1. The standard InChI is InChI=1S/C6H13N3O2S/c7-12(10,11)9-6-4-2-1-3-5-8-6/h1-5H2,(H,8,9)(H2,7,10,11). The first-order valence-corrected chi connectivity index (χ1v) is 5.46. The maximum atomic E-state index is 10.6. The highest BCUT2D eigenvalue weighted by Gasteiger charge is 2.08. The fourth-order valence-electron chi connectivity index (χ4n) is 1.12. The van der Waals surface area contributed by atoms with Crippen LogP contribution in [-0.2, 0) is 10.2 Å². The second-order valence-corrected chi connectivity index (χ2v) is 4.08. The first-order valence-electron chi connectivity index (χ1n) is 3.92. The Morgan fingerprint density at radius 2 is 2.08 bits per heavy atom. The molecule has 1 heterocycles. The zero-order valence-corrected chi connectivity index (χ0v) is 7.60. The van der Waals surface area contributed by atoms with Gasteiger partial charge in [-0.1, -0.05) is 6.42 Å². The van der Waals surface area contributed by atoms with E-state index in [1.807, 2.05) is 0 Å². The van der Waals surface area contributed by atoms with Crippen molar-refractivity contribution in [1.82, 2.24) is 4.72 Å². The molecular formula is C6H13N3O2S. The van der Waals surface area contributed by atoms with Gasteiger partial charge in [-0.3, -0.25) is 9.71 Å². The van der Waals surface area contributed by atoms with Crippen LogP contribution in [0.5, 0.6) is 0 Å². The van der Waals surface area contributed by atoms with E-state index >= 15 is 0 Å². The summed E-state index contributed by atoms with van der Waals surface area (Å²) in [6.07, 6.45) is 3.77. The molecule has 1 rings (SSSR count). The Morgan fingerprint density at radius 1 is 1.33 bits per heavy atom. The number of nitrogens with one attached hydrogen (secondary N) is 1. The first-order chi connectivity index (χ1) is 5.58. The van der Waals surface area contributed by atoms with Crippen LogP contribution in [0, 0.1) is 0 Å². The van der Waals surface area contributed by atoms with Gasteiger partial charge < -0.3 is 0 Å². The highest BCUT2D eigenvalue weighted by atomic mass is 32.2. The molecule has 0 fully saturated rings. The summed E-state index contributed by atoms with van der Waals surface area (Å²) in [5.41, 5.74) is 0. The Bertz CT molecular complexity index is 271. The van der Waals surface area contributed by atoms with E-state index in [0.717, 1.165) is 19.3 Å². The molecule has 1 aliphatic heterocycles. The van der Waals surface area contributed by atoms with Crippen molar-refractivity contribution in [1.29, 1.82) is 0 Å². The lowest BCUT2D eigenvalue weighted by Gasteiger charge is -2.03. The molecule has 0 spiro atoms. The number of nitrogens with two attached hydrogens (primary N) is 1. The van der Waals surface area contributed by atoms with E-state index in [0.29, 0.717) is 18.8 Å².